The van der Waals surface area contributed by atoms with E-state index in [1.807, 2.05) is 12.1 Å². The molecule has 17 heavy (non-hydrogen) atoms. The number of fused-ring (bicyclic) bond motifs is 1. The van der Waals surface area contributed by atoms with Crippen molar-refractivity contribution >= 4 is 5.97 Å². The Morgan fingerprint density at radius 2 is 2.00 bits per heavy atom. The molecule has 1 aliphatic heterocycles. The van der Waals surface area contributed by atoms with Gasteiger partial charge < -0.3 is 10.5 Å². The number of carbonyl (C=O) groups is 1. The van der Waals surface area contributed by atoms with Crippen molar-refractivity contribution in [2.75, 3.05) is 13.7 Å². The van der Waals surface area contributed by atoms with Crippen LogP contribution in [0.2, 0.25) is 0 Å². The zero-order valence-corrected chi connectivity index (χ0v) is 10.1. The van der Waals surface area contributed by atoms with Gasteiger partial charge in [-0.05, 0) is 24.1 Å². The highest BCUT2D eigenvalue weighted by Crippen LogP contribution is 2.25. The average Bonchev–Trinajstić information content (AvgIpc) is 2.78. The molecule has 0 amide bonds. The zero-order valence-electron chi connectivity index (χ0n) is 10.1. The highest BCUT2D eigenvalue weighted by molar-refractivity contribution is 5.75. The zero-order chi connectivity index (χ0) is 12.3. The smallest absolute Gasteiger partial charge is 0.323 e. The van der Waals surface area contributed by atoms with Gasteiger partial charge in [-0.1, -0.05) is 24.3 Å². The number of hydrogen-bond donors (Lipinski definition) is 1. The number of methoxy groups -OCH3 is 1. The number of hydrogen-bond acceptors (Lipinski definition) is 4. The normalized spacial score (nSPS) is 16.6. The summed E-state index contributed by atoms with van der Waals surface area (Å²) >= 11 is 0. The Kier molecular flexibility index (Phi) is 3.76. The van der Waals surface area contributed by atoms with Crippen LogP contribution in [0.15, 0.2) is 24.3 Å². The fraction of sp³-hybridized carbons (Fsp3) is 0.462. The first-order chi connectivity index (χ1) is 8.26. The van der Waals surface area contributed by atoms with Gasteiger partial charge >= 0.3 is 5.97 Å². The molecule has 4 heteroatoms. The first-order valence-electron chi connectivity index (χ1n) is 5.85. The van der Waals surface area contributed by atoms with Crippen molar-refractivity contribution in [1.82, 2.24) is 4.90 Å². The minimum atomic E-state index is -0.225. The van der Waals surface area contributed by atoms with E-state index in [0.29, 0.717) is 13.0 Å². The summed E-state index contributed by atoms with van der Waals surface area (Å²) in [7, 11) is 1.43. The molecule has 0 spiro atoms. The topological polar surface area (TPSA) is 55.6 Å². The minimum absolute atomic E-state index is 0.191. The lowest BCUT2D eigenvalue weighted by Crippen LogP contribution is -2.40. The largest absolute Gasteiger partial charge is 0.468 e. The van der Waals surface area contributed by atoms with E-state index in [2.05, 4.69) is 17.0 Å². The molecule has 1 heterocycles. The molecule has 2 rings (SSSR count). The third-order valence-electron chi connectivity index (χ3n) is 3.22. The van der Waals surface area contributed by atoms with E-state index < -0.39 is 0 Å². The molecule has 1 aromatic carbocycles. The predicted molar refractivity (Wildman–Crippen MR) is 65.2 cm³/mol. The summed E-state index contributed by atoms with van der Waals surface area (Å²) in [6, 6.07) is 8.03. The van der Waals surface area contributed by atoms with Crippen molar-refractivity contribution in [3.8, 4) is 0 Å². The van der Waals surface area contributed by atoms with Crippen LogP contribution < -0.4 is 5.73 Å². The van der Waals surface area contributed by atoms with Crippen LogP contribution in [0.5, 0.6) is 0 Å². The second kappa shape index (κ2) is 5.29. The van der Waals surface area contributed by atoms with Gasteiger partial charge in [0.2, 0.25) is 0 Å². The van der Waals surface area contributed by atoms with Crippen molar-refractivity contribution in [3.05, 3.63) is 35.4 Å². The van der Waals surface area contributed by atoms with Crippen molar-refractivity contribution in [1.29, 1.82) is 0 Å². The van der Waals surface area contributed by atoms with E-state index in [9.17, 15) is 4.79 Å². The molecule has 4 nitrogen and oxygen atoms in total. The first kappa shape index (κ1) is 12.1. The highest BCUT2D eigenvalue weighted by atomic mass is 16.5. The van der Waals surface area contributed by atoms with E-state index in [-0.39, 0.29) is 12.0 Å². The summed E-state index contributed by atoms with van der Waals surface area (Å²) < 4.78 is 4.84. The predicted octanol–water partition coefficient (Wildman–Crippen LogP) is 0.893. The van der Waals surface area contributed by atoms with Crippen LogP contribution in [0.3, 0.4) is 0 Å². The number of ether oxygens (including phenoxy) is 1. The molecule has 1 aromatic rings. The van der Waals surface area contributed by atoms with Crippen LogP contribution in [0.1, 0.15) is 17.5 Å². The van der Waals surface area contributed by atoms with Crippen LogP contribution in [-0.4, -0.2) is 30.6 Å². The molecule has 0 aliphatic carbocycles. The molecule has 0 saturated heterocycles. The van der Waals surface area contributed by atoms with Gasteiger partial charge in [0.05, 0.1) is 7.11 Å². The molecule has 0 aromatic heterocycles. The van der Waals surface area contributed by atoms with Gasteiger partial charge in [-0.3, -0.25) is 9.69 Å². The van der Waals surface area contributed by atoms with Gasteiger partial charge in [-0.25, -0.2) is 0 Å². The average molecular weight is 234 g/mol. The van der Waals surface area contributed by atoms with Crippen molar-refractivity contribution in [2.24, 2.45) is 5.73 Å². The van der Waals surface area contributed by atoms with Gasteiger partial charge in [0.15, 0.2) is 0 Å². The molecule has 2 N–H and O–H groups in total. The molecule has 0 fully saturated rings. The summed E-state index contributed by atoms with van der Waals surface area (Å²) in [5, 5.41) is 0. The highest BCUT2D eigenvalue weighted by Gasteiger charge is 2.30. The maximum Gasteiger partial charge on any atom is 0.323 e. The number of nitrogens with two attached hydrogens (primary N) is 1. The lowest BCUT2D eigenvalue weighted by molar-refractivity contribution is -0.147. The minimum Gasteiger partial charge on any atom is -0.468 e. The maximum atomic E-state index is 11.7. The van der Waals surface area contributed by atoms with Gasteiger partial charge in [0, 0.05) is 13.1 Å². The van der Waals surface area contributed by atoms with E-state index in [4.69, 9.17) is 10.5 Å². The Labute approximate surface area is 101 Å². The molecule has 0 radical (unpaired) electrons. The number of rotatable bonds is 4. The lowest BCUT2D eigenvalue weighted by atomic mass is 10.1. The van der Waals surface area contributed by atoms with E-state index in [1.165, 1.54) is 18.2 Å². The summed E-state index contributed by atoms with van der Waals surface area (Å²) in [4.78, 5) is 13.8. The van der Waals surface area contributed by atoms with E-state index >= 15 is 0 Å². The number of benzene rings is 1. The van der Waals surface area contributed by atoms with Crippen LogP contribution in [0, 0.1) is 0 Å². The van der Waals surface area contributed by atoms with Crippen LogP contribution >= 0.6 is 0 Å². The Hall–Kier alpha value is -1.39. The SMILES string of the molecule is COC(=O)C(CCN)N1Cc2ccccc2C1. The molecular weight excluding hydrogens is 216 g/mol. The number of esters is 1. The second-order valence-corrected chi connectivity index (χ2v) is 4.29. The second-order valence-electron chi connectivity index (χ2n) is 4.29. The summed E-state index contributed by atoms with van der Waals surface area (Å²) in [6.45, 7) is 2.10. The quantitative estimate of drug-likeness (QED) is 0.786. The number of nitrogens with zero attached hydrogens (tertiary/aromatic N) is 1. The van der Waals surface area contributed by atoms with Gasteiger partial charge in [0.1, 0.15) is 6.04 Å². The number of carbonyl (C=O) groups excluding carboxylic acids is 1. The monoisotopic (exact) mass is 234 g/mol. The lowest BCUT2D eigenvalue weighted by Gasteiger charge is -2.24. The van der Waals surface area contributed by atoms with Gasteiger partial charge in [-0.15, -0.1) is 0 Å². The molecule has 92 valence electrons. The van der Waals surface area contributed by atoms with Gasteiger partial charge in [0.25, 0.3) is 0 Å². The summed E-state index contributed by atoms with van der Waals surface area (Å²) in [5.74, 6) is -0.191. The molecule has 1 unspecified atom stereocenters. The van der Waals surface area contributed by atoms with Gasteiger partial charge in [-0.2, -0.15) is 0 Å². The Morgan fingerprint density at radius 1 is 1.41 bits per heavy atom. The molecule has 1 aliphatic rings. The Balaban J connectivity index is 2.11. The van der Waals surface area contributed by atoms with Crippen molar-refractivity contribution in [2.45, 2.75) is 25.6 Å². The maximum absolute atomic E-state index is 11.7. The molecule has 1 atom stereocenters. The first-order valence-corrected chi connectivity index (χ1v) is 5.85. The third-order valence-corrected chi connectivity index (χ3v) is 3.22. The molecule has 0 bridgehead atoms. The van der Waals surface area contributed by atoms with Crippen LogP contribution in [-0.2, 0) is 22.6 Å². The fourth-order valence-electron chi connectivity index (χ4n) is 2.32. The van der Waals surface area contributed by atoms with E-state index in [1.54, 1.807) is 0 Å². The molecule has 0 saturated carbocycles. The van der Waals surface area contributed by atoms with Crippen molar-refractivity contribution in [3.63, 3.8) is 0 Å². The van der Waals surface area contributed by atoms with Crippen LogP contribution in [0.4, 0.5) is 0 Å². The Morgan fingerprint density at radius 3 is 2.47 bits per heavy atom. The van der Waals surface area contributed by atoms with E-state index in [0.717, 1.165) is 13.1 Å². The summed E-state index contributed by atoms with van der Waals surface area (Å²) in [6.07, 6.45) is 0.640. The molecular formula is C13H18N2O2. The summed E-state index contributed by atoms with van der Waals surface area (Å²) in [5.41, 5.74) is 8.14. The van der Waals surface area contributed by atoms with Crippen molar-refractivity contribution < 1.29 is 9.53 Å². The Bertz CT molecular complexity index is 381. The third kappa shape index (κ3) is 2.48. The van der Waals surface area contributed by atoms with Crippen LogP contribution in [0.25, 0.3) is 0 Å². The fourth-order valence-corrected chi connectivity index (χ4v) is 2.32. The standard InChI is InChI=1S/C13H18N2O2/c1-17-13(16)12(6-7-14)15-8-10-4-2-3-5-11(10)9-15/h2-5,12H,6-9,14H2,1H3.